The summed E-state index contributed by atoms with van der Waals surface area (Å²) in [7, 11) is 0. The molecule has 2 heterocycles. The summed E-state index contributed by atoms with van der Waals surface area (Å²) in [6.45, 7) is 10.5. The molecule has 0 aliphatic rings. The molecule has 0 radical (unpaired) electrons. The molecule has 0 saturated carbocycles. The van der Waals surface area contributed by atoms with Crippen molar-refractivity contribution in [2.24, 2.45) is 5.92 Å². The minimum atomic E-state index is -0.323. The lowest BCUT2D eigenvalue weighted by Crippen LogP contribution is -2.18. The number of carbonyl (C=O) groups is 1. The van der Waals surface area contributed by atoms with Crippen molar-refractivity contribution in [2.45, 2.75) is 52.9 Å². The normalized spacial score (nSPS) is 13.3. The molecule has 0 bridgehead atoms. The van der Waals surface area contributed by atoms with Crippen molar-refractivity contribution < 1.29 is 9.53 Å². The van der Waals surface area contributed by atoms with Gasteiger partial charge in [0.15, 0.2) is 5.82 Å². The van der Waals surface area contributed by atoms with Crippen molar-refractivity contribution in [1.29, 1.82) is 0 Å². The Morgan fingerprint density at radius 2 is 2.00 bits per heavy atom. The van der Waals surface area contributed by atoms with Crippen molar-refractivity contribution in [1.82, 2.24) is 19.8 Å². The summed E-state index contributed by atoms with van der Waals surface area (Å²) >= 11 is 1.42. The molecule has 0 aromatic carbocycles. The topological polar surface area (TPSA) is 69.4 Å². The lowest BCUT2D eigenvalue weighted by Gasteiger charge is -2.14. The minimum absolute atomic E-state index is 0.206. The number of aromatic nitrogens is 4. The van der Waals surface area contributed by atoms with Gasteiger partial charge in [-0.15, -0.1) is 10.2 Å². The zero-order chi connectivity index (χ0) is 15.6. The highest BCUT2D eigenvalue weighted by Crippen LogP contribution is 2.30. The Labute approximate surface area is 128 Å². The van der Waals surface area contributed by atoms with E-state index in [2.05, 4.69) is 29.1 Å². The highest BCUT2D eigenvalue weighted by atomic mass is 32.1. The molecule has 21 heavy (non-hydrogen) atoms. The van der Waals surface area contributed by atoms with Crippen LogP contribution in [0.3, 0.4) is 0 Å². The maximum atomic E-state index is 12.2. The largest absolute Gasteiger partial charge is 0.465 e. The summed E-state index contributed by atoms with van der Waals surface area (Å²) in [6, 6.07) is 0. The van der Waals surface area contributed by atoms with Crippen LogP contribution in [0, 0.1) is 5.92 Å². The summed E-state index contributed by atoms with van der Waals surface area (Å²) < 4.78 is 6.94. The molecule has 2 aromatic rings. The quantitative estimate of drug-likeness (QED) is 0.767. The van der Waals surface area contributed by atoms with E-state index in [-0.39, 0.29) is 17.8 Å². The molecule has 6 nitrogen and oxygen atoms in total. The summed E-state index contributed by atoms with van der Waals surface area (Å²) in [5.74, 6) is 0.915. The number of ether oxygens (including phenoxy) is 1. The van der Waals surface area contributed by atoms with Crippen LogP contribution in [-0.2, 0) is 9.53 Å². The van der Waals surface area contributed by atoms with Crippen LogP contribution in [-0.4, -0.2) is 32.4 Å². The number of hydrogen-bond donors (Lipinski definition) is 0. The van der Waals surface area contributed by atoms with Crippen molar-refractivity contribution in [3.63, 3.8) is 0 Å². The number of esters is 1. The Morgan fingerprint density at radius 3 is 2.57 bits per heavy atom. The molecule has 7 heteroatoms. The molecule has 116 valence electrons. The van der Waals surface area contributed by atoms with E-state index < -0.39 is 0 Å². The second kappa shape index (κ2) is 6.51. The van der Waals surface area contributed by atoms with E-state index in [1.165, 1.54) is 11.3 Å². The SMILES string of the molecule is CCOC(=O)C(CC(C)C)c1nn2c(C(C)C)nnc2s1. The van der Waals surface area contributed by atoms with Crippen molar-refractivity contribution in [2.75, 3.05) is 6.61 Å². The van der Waals surface area contributed by atoms with Crippen LogP contribution in [0.4, 0.5) is 0 Å². The van der Waals surface area contributed by atoms with E-state index in [9.17, 15) is 4.79 Å². The standard InChI is InChI=1S/C14H22N4O2S/c1-6-20-13(19)10(7-8(2)3)12-17-18-11(9(4)5)15-16-14(18)21-12/h8-10H,6-7H2,1-5H3. The molecule has 0 aliphatic heterocycles. The molecule has 1 unspecified atom stereocenters. The van der Waals surface area contributed by atoms with Gasteiger partial charge in [-0.25, -0.2) is 0 Å². The zero-order valence-electron chi connectivity index (χ0n) is 13.2. The lowest BCUT2D eigenvalue weighted by atomic mass is 9.98. The van der Waals surface area contributed by atoms with Gasteiger partial charge in [-0.3, -0.25) is 4.79 Å². The van der Waals surface area contributed by atoms with E-state index >= 15 is 0 Å². The van der Waals surface area contributed by atoms with E-state index in [4.69, 9.17) is 4.74 Å². The maximum absolute atomic E-state index is 12.2. The Morgan fingerprint density at radius 1 is 1.29 bits per heavy atom. The van der Waals surface area contributed by atoms with Gasteiger partial charge < -0.3 is 4.74 Å². The Hall–Kier alpha value is -1.50. The van der Waals surface area contributed by atoms with Crippen molar-refractivity contribution >= 4 is 22.3 Å². The van der Waals surface area contributed by atoms with E-state index in [0.29, 0.717) is 12.5 Å². The van der Waals surface area contributed by atoms with Gasteiger partial charge in [-0.05, 0) is 19.3 Å². The molecule has 0 fully saturated rings. The summed E-state index contributed by atoms with van der Waals surface area (Å²) in [5.41, 5.74) is 0. The van der Waals surface area contributed by atoms with Gasteiger partial charge in [0.05, 0.1) is 6.61 Å². The lowest BCUT2D eigenvalue weighted by molar-refractivity contribution is -0.145. The third-order valence-corrected chi connectivity index (χ3v) is 4.14. The highest BCUT2D eigenvalue weighted by Gasteiger charge is 2.28. The second-order valence-corrected chi connectivity index (χ2v) is 6.77. The molecule has 0 N–H and O–H groups in total. The second-order valence-electron chi connectivity index (χ2n) is 5.78. The van der Waals surface area contributed by atoms with Crippen LogP contribution in [0.5, 0.6) is 0 Å². The molecular weight excluding hydrogens is 288 g/mol. The third-order valence-electron chi connectivity index (χ3n) is 3.12. The average Bonchev–Trinajstić information content (AvgIpc) is 2.94. The first-order valence-corrected chi connectivity index (χ1v) is 8.14. The van der Waals surface area contributed by atoms with E-state index in [1.54, 1.807) is 4.52 Å². The summed E-state index contributed by atoms with van der Waals surface area (Å²) in [6.07, 6.45) is 0.722. The molecule has 0 saturated heterocycles. The van der Waals surface area contributed by atoms with Gasteiger partial charge in [-0.1, -0.05) is 39.0 Å². The fourth-order valence-corrected chi connectivity index (χ4v) is 3.11. The number of rotatable bonds is 6. The fraction of sp³-hybridized carbons (Fsp3) is 0.714. The van der Waals surface area contributed by atoms with Crippen LogP contribution in [0.1, 0.15) is 63.7 Å². The van der Waals surface area contributed by atoms with Crippen molar-refractivity contribution in [3.8, 4) is 0 Å². The fourth-order valence-electron chi connectivity index (χ4n) is 2.16. The van der Waals surface area contributed by atoms with Crippen LogP contribution < -0.4 is 0 Å². The third kappa shape index (κ3) is 3.40. The van der Waals surface area contributed by atoms with Gasteiger partial charge in [0.25, 0.3) is 0 Å². The number of hydrogen-bond acceptors (Lipinski definition) is 6. The molecule has 0 amide bonds. The average molecular weight is 310 g/mol. The monoisotopic (exact) mass is 310 g/mol. The Balaban J connectivity index is 2.37. The smallest absolute Gasteiger partial charge is 0.315 e. The summed E-state index contributed by atoms with van der Waals surface area (Å²) in [5, 5.41) is 13.6. The van der Waals surface area contributed by atoms with Crippen LogP contribution >= 0.6 is 11.3 Å². The molecule has 0 aliphatic carbocycles. The molecule has 2 rings (SSSR count). The maximum Gasteiger partial charge on any atom is 0.315 e. The van der Waals surface area contributed by atoms with Crippen LogP contribution in [0.25, 0.3) is 4.96 Å². The first-order chi connectivity index (χ1) is 9.93. The summed E-state index contributed by atoms with van der Waals surface area (Å²) in [4.78, 5) is 12.9. The van der Waals surface area contributed by atoms with Gasteiger partial charge in [0.2, 0.25) is 4.96 Å². The number of carbonyl (C=O) groups excluding carboxylic acids is 1. The molecule has 2 aromatic heterocycles. The van der Waals surface area contributed by atoms with Gasteiger partial charge in [0, 0.05) is 5.92 Å². The highest BCUT2D eigenvalue weighted by molar-refractivity contribution is 7.16. The number of nitrogens with zero attached hydrogens (tertiary/aromatic N) is 4. The Bertz CT molecular complexity index is 618. The first-order valence-electron chi connectivity index (χ1n) is 7.32. The minimum Gasteiger partial charge on any atom is -0.465 e. The molecule has 0 spiro atoms. The van der Waals surface area contributed by atoms with E-state index in [0.717, 1.165) is 22.2 Å². The molecular formula is C14H22N4O2S. The van der Waals surface area contributed by atoms with Gasteiger partial charge >= 0.3 is 5.97 Å². The Kier molecular flexibility index (Phi) is 4.92. The first kappa shape index (κ1) is 15.9. The van der Waals surface area contributed by atoms with Gasteiger partial charge in [-0.2, -0.15) is 9.61 Å². The van der Waals surface area contributed by atoms with E-state index in [1.807, 2.05) is 20.8 Å². The van der Waals surface area contributed by atoms with Gasteiger partial charge in [0.1, 0.15) is 10.9 Å². The van der Waals surface area contributed by atoms with Crippen LogP contribution in [0.2, 0.25) is 0 Å². The predicted molar refractivity (Wildman–Crippen MR) is 81.6 cm³/mol. The number of fused-ring (bicyclic) bond motifs is 1. The predicted octanol–water partition coefficient (Wildman–Crippen LogP) is 3.00. The van der Waals surface area contributed by atoms with Crippen molar-refractivity contribution in [3.05, 3.63) is 10.8 Å². The molecule has 1 atom stereocenters. The van der Waals surface area contributed by atoms with Crippen LogP contribution in [0.15, 0.2) is 0 Å². The zero-order valence-corrected chi connectivity index (χ0v) is 14.0.